The van der Waals surface area contributed by atoms with Crippen LogP contribution in [-0.2, 0) is 6.54 Å². The summed E-state index contributed by atoms with van der Waals surface area (Å²) in [5.41, 5.74) is 3.21. The third-order valence-electron chi connectivity index (χ3n) is 2.08. The molecule has 0 bridgehead atoms. The van der Waals surface area contributed by atoms with Gasteiger partial charge in [-0.25, -0.2) is 4.98 Å². The van der Waals surface area contributed by atoms with E-state index in [1.165, 1.54) is 5.56 Å². The number of hydrogen-bond donors (Lipinski definition) is 1. The summed E-state index contributed by atoms with van der Waals surface area (Å²) in [5, 5.41) is 5.89. The number of nitrogens with zero attached hydrogens (tertiary/aromatic N) is 1. The molecule has 2 aromatic rings. The minimum atomic E-state index is 0.514. The SMILES string of the molecule is Cc1cnc(Cl)c(NCc2csc(Br)c2)c1. The van der Waals surface area contributed by atoms with Gasteiger partial charge in [0.05, 0.1) is 9.47 Å². The van der Waals surface area contributed by atoms with Crippen LogP contribution >= 0.6 is 38.9 Å². The number of halogens is 2. The Morgan fingerprint density at radius 1 is 1.50 bits per heavy atom. The average molecular weight is 318 g/mol. The summed E-state index contributed by atoms with van der Waals surface area (Å²) in [6.07, 6.45) is 1.76. The number of anilines is 1. The molecular weight excluding hydrogens is 308 g/mol. The number of nitrogens with one attached hydrogen (secondary N) is 1. The highest BCUT2D eigenvalue weighted by Crippen LogP contribution is 2.23. The summed E-state index contributed by atoms with van der Waals surface area (Å²) in [5.74, 6) is 0. The Hall–Kier alpha value is -0.580. The maximum atomic E-state index is 5.99. The van der Waals surface area contributed by atoms with Crippen molar-refractivity contribution in [3.05, 3.63) is 43.8 Å². The zero-order valence-corrected chi connectivity index (χ0v) is 11.8. The van der Waals surface area contributed by atoms with Gasteiger partial charge in [0, 0.05) is 12.7 Å². The first-order valence-electron chi connectivity index (χ1n) is 4.74. The highest BCUT2D eigenvalue weighted by Gasteiger charge is 2.02. The molecule has 5 heteroatoms. The molecule has 0 spiro atoms. The Morgan fingerprint density at radius 2 is 2.31 bits per heavy atom. The van der Waals surface area contributed by atoms with E-state index < -0.39 is 0 Å². The highest BCUT2D eigenvalue weighted by atomic mass is 79.9. The summed E-state index contributed by atoms with van der Waals surface area (Å²) in [4.78, 5) is 4.09. The minimum absolute atomic E-state index is 0.514. The molecule has 0 radical (unpaired) electrons. The molecule has 2 heterocycles. The first kappa shape index (κ1) is 11.9. The highest BCUT2D eigenvalue weighted by molar-refractivity contribution is 9.11. The van der Waals surface area contributed by atoms with Crippen LogP contribution < -0.4 is 5.32 Å². The second-order valence-electron chi connectivity index (χ2n) is 3.46. The van der Waals surface area contributed by atoms with Crippen LogP contribution in [0.25, 0.3) is 0 Å². The molecule has 2 rings (SSSR count). The van der Waals surface area contributed by atoms with E-state index in [4.69, 9.17) is 11.6 Å². The summed E-state index contributed by atoms with van der Waals surface area (Å²) in [7, 11) is 0. The van der Waals surface area contributed by atoms with Gasteiger partial charge in [0.1, 0.15) is 0 Å². The number of aryl methyl sites for hydroxylation is 1. The lowest BCUT2D eigenvalue weighted by atomic mass is 10.3. The number of aromatic nitrogens is 1. The maximum absolute atomic E-state index is 5.99. The first-order valence-corrected chi connectivity index (χ1v) is 6.79. The summed E-state index contributed by atoms with van der Waals surface area (Å²) >= 11 is 11.1. The second-order valence-corrected chi connectivity index (χ2v) is 6.11. The quantitative estimate of drug-likeness (QED) is 0.844. The van der Waals surface area contributed by atoms with Gasteiger partial charge < -0.3 is 5.32 Å². The van der Waals surface area contributed by atoms with E-state index in [9.17, 15) is 0 Å². The van der Waals surface area contributed by atoms with Crippen LogP contribution in [0.4, 0.5) is 5.69 Å². The molecule has 0 atom stereocenters. The Labute approximate surface area is 112 Å². The van der Waals surface area contributed by atoms with Gasteiger partial charge in [-0.2, -0.15) is 0 Å². The summed E-state index contributed by atoms with van der Waals surface area (Å²) < 4.78 is 1.14. The van der Waals surface area contributed by atoms with Crippen molar-refractivity contribution in [3.8, 4) is 0 Å². The van der Waals surface area contributed by atoms with Crippen LogP contribution in [0, 0.1) is 6.92 Å². The zero-order chi connectivity index (χ0) is 11.5. The van der Waals surface area contributed by atoms with Gasteiger partial charge in [-0.15, -0.1) is 11.3 Å². The molecule has 0 aliphatic carbocycles. The average Bonchev–Trinajstić information content (AvgIpc) is 2.66. The van der Waals surface area contributed by atoms with Crippen molar-refractivity contribution in [2.24, 2.45) is 0 Å². The predicted molar refractivity (Wildman–Crippen MR) is 73.3 cm³/mol. The fraction of sp³-hybridized carbons (Fsp3) is 0.182. The van der Waals surface area contributed by atoms with Crippen LogP contribution in [0.5, 0.6) is 0 Å². The number of thiophene rings is 1. The smallest absolute Gasteiger partial charge is 0.152 e. The summed E-state index contributed by atoms with van der Waals surface area (Å²) in [6.45, 7) is 2.75. The molecule has 0 aliphatic rings. The van der Waals surface area contributed by atoms with Crippen LogP contribution in [0.2, 0.25) is 5.15 Å². The summed E-state index contributed by atoms with van der Waals surface area (Å²) in [6, 6.07) is 4.09. The molecule has 0 amide bonds. The van der Waals surface area contributed by atoms with Crippen LogP contribution in [-0.4, -0.2) is 4.98 Å². The lowest BCUT2D eigenvalue weighted by molar-refractivity contribution is 1.14. The number of hydrogen-bond acceptors (Lipinski definition) is 3. The van der Waals surface area contributed by atoms with E-state index in [2.05, 4.69) is 37.7 Å². The van der Waals surface area contributed by atoms with Crippen molar-refractivity contribution < 1.29 is 0 Å². The Balaban J connectivity index is 2.07. The van der Waals surface area contributed by atoms with Gasteiger partial charge in [-0.3, -0.25) is 0 Å². The van der Waals surface area contributed by atoms with E-state index in [1.54, 1.807) is 17.5 Å². The monoisotopic (exact) mass is 316 g/mol. The molecule has 0 saturated carbocycles. The topological polar surface area (TPSA) is 24.9 Å². The van der Waals surface area contributed by atoms with E-state index in [-0.39, 0.29) is 0 Å². The van der Waals surface area contributed by atoms with Crippen LogP contribution in [0.15, 0.2) is 27.5 Å². The Bertz CT molecular complexity index is 498. The predicted octanol–water partition coefficient (Wildman–Crippen LogP) is 4.48. The van der Waals surface area contributed by atoms with Crippen molar-refractivity contribution in [2.75, 3.05) is 5.32 Å². The van der Waals surface area contributed by atoms with Gasteiger partial charge in [-0.1, -0.05) is 11.6 Å². The molecule has 0 aromatic carbocycles. The molecule has 0 unspecified atom stereocenters. The standard InChI is InChI=1S/C11H10BrClN2S/c1-7-2-9(11(13)15-4-7)14-5-8-3-10(12)16-6-8/h2-4,6,14H,5H2,1H3. The largest absolute Gasteiger partial charge is 0.378 e. The van der Waals surface area contributed by atoms with E-state index in [0.717, 1.165) is 21.6 Å². The van der Waals surface area contributed by atoms with Crippen LogP contribution in [0.3, 0.4) is 0 Å². The fourth-order valence-electron chi connectivity index (χ4n) is 1.31. The van der Waals surface area contributed by atoms with Crippen molar-refractivity contribution in [1.29, 1.82) is 0 Å². The lowest BCUT2D eigenvalue weighted by Gasteiger charge is -2.07. The van der Waals surface area contributed by atoms with Crippen molar-refractivity contribution in [1.82, 2.24) is 4.98 Å². The van der Waals surface area contributed by atoms with Gasteiger partial charge in [0.2, 0.25) is 0 Å². The zero-order valence-electron chi connectivity index (χ0n) is 8.63. The van der Waals surface area contributed by atoms with Gasteiger partial charge in [0.15, 0.2) is 5.15 Å². The van der Waals surface area contributed by atoms with Crippen molar-refractivity contribution in [2.45, 2.75) is 13.5 Å². The second kappa shape index (κ2) is 5.17. The van der Waals surface area contributed by atoms with E-state index in [0.29, 0.717) is 5.15 Å². The van der Waals surface area contributed by atoms with E-state index in [1.807, 2.05) is 13.0 Å². The number of pyridine rings is 1. The molecule has 0 fully saturated rings. The molecule has 2 aromatic heterocycles. The first-order chi connectivity index (χ1) is 7.65. The van der Waals surface area contributed by atoms with Crippen LogP contribution in [0.1, 0.15) is 11.1 Å². The lowest BCUT2D eigenvalue weighted by Crippen LogP contribution is -1.99. The molecule has 84 valence electrons. The normalized spacial score (nSPS) is 10.4. The number of rotatable bonds is 3. The molecule has 16 heavy (non-hydrogen) atoms. The Kier molecular flexibility index (Phi) is 3.84. The maximum Gasteiger partial charge on any atom is 0.152 e. The third kappa shape index (κ3) is 2.97. The Morgan fingerprint density at radius 3 is 3.00 bits per heavy atom. The van der Waals surface area contributed by atoms with Gasteiger partial charge in [0.25, 0.3) is 0 Å². The fourth-order valence-corrected chi connectivity index (χ4v) is 2.69. The van der Waals surface area contributed by atoms with Gasteiger partial charge >= 0.3 is 0 Å². The molecule has 2 nitrogen and oxygen atoms in total. The van der Waals surface area contributed by atoms with Crippen molar-refractivity contribution in [3.63, 3.8) is 0 Å². The van der Waals surface area contributed by atoms with Crippen molar-refractivity contribution >= 4 is 44.6 Å². The molecule has 1 N–H and O–H groups in total. The van der Waals surface area contributed by atoms with Gasteiger partial charge in [-0.05, 0) is 51.5 Å². The minimum Gasteiger partial charge on any atom is -0.378 e. The van der Waals surface area contributed by atoms with E-state index >= 15 is 0 Å². The molecule has 0 saturated heterocycles. The third-order valence-corrected chi connectivity index (χ3v) is 3.93. The molecule has 0 aliphatic heterocycles. The molecular formula is C11H10BrClN2S.